The molecule has 0 atom stereocenters. The third-order valence-corrected chi connectivity index (χ3v) is 4.42. The molecule has 2 saturated heterocycles. The molecule has 2 aromatic heterocycles. The number of anilines is 2. The van der Waals surface area contributed by atoms with E-state index in [0.29, 0.717) is 12.0 Å². The van der Waals surface area contributed by atoms with E-state index < -0.39 is 5.82 Å². The van der Waals surface area contributed by atoms with E-state index in [1.54, 1.807) is 12.4 Å². The predicted molar refractivity (Wildman–Crippen MR) is 83.8 cm³/mol. The Kier molecular flexibility index (Phi) is 3.74. The molecular weight excluding hydrogens is 297 g/mol. The molecule has 4 heterocycles. The highest BCUT2D eigenvalue weighted by molar-refractivity contribution is 5.35. The Morgan fingerprint density at radius 1 is 0.826 bits per heavy atom. The molecule has 8 heteroatoms. The Balaban J connectivity index is 1.28. The van der Waals surface area contributed by atoms with Crippen molar-refractivity contribution in [2.24, 2.45) is 0 Å². The number of halogens is 1. The molecule has 0 unspecified atom stereocenters. The van der Waals surface area contributed by atoms with E-state index in [9.17, 15) is 4.39 Å². The van der Waals surface area contributed by atoms with E-state index in [1.807, 2.05) is 6.07 Å². The van der Waals surface area contributed by atoms with Gasteiger partial charge in [0.25, 0.3) is 0 Å². The van der Waals surface area contributed by atoms with Crippen LogP contribution in [0, 0.1) is 5.82 Å². The topological polar surface area (TPSA) is 61.3 Å². The normalized spacial score (nSPS) is 19.7. The van der Waals surface area contributed by atoms with Gasteiger partial charge >= 0.3 is 0 Å². The van der Waals surface area contributed by atoms with Crippen LogP contribution in [-0.2, 0) is 0 Å². The monoisotopic (exact) mass is 315 g/mol. The maximum absolute atomic E-state index is 12.8. The van der Waals surface area contributed by atoms with Gasteiger partial charge < -0.3 is 9.80 Å². The molecule has 0 aliphatic carbocycles. The molecule has 0 radical (unpaired) electrons. The van der Waals surface area contributed by atoms with Crippen molar-refractivity contribution in [3.05, 3.63) is 36.7 Å². The lowest BCUT2D eigenvalue weighted by molar-refractivity contribution is 0.155. The van der Waals surface area contributed by atoms with Crippen LogP contribution in [0.25, 0.3) is 0 Å². The molecule has 0 saturated carbocycles. The van der Waals surface area contributed by atoms with Gasteiger partial charge in [0.1, 0.15) is 0 Å². The third kappa shape index (κ3) is 2.94. The van der Waals surface area contributed by atoms with E-state index in [2.05, 4.69) is 34.6 Å². The van der Waals surface area contributed by atoms with Crippen LogP contribution < -0.4 is 9.80 Å². The molecular formula is C15H18FN7. The van der Waals surface area contributed by atoms with Gasteiger partial charge in [0, 0.05) is 57.7 Å². The first-order valence-electron chi connectivity index (χ1n) is 7.78. The van der Waals surface area contributed by atoms with Crippen LogP contribution in [0.2, 0.25) is 0 Å². The van der Waals surface area contributed by atoms with Gasteiger partial charge in [-0.1, -0.05) is 0 Å². The smallest absolute Gasteiger partial charge is 0.225 e. The van der Waals surface area contributed by atoms with Gasteiger partial charge in [-0.25, -0.2) is 24.3 Å². The highest BCUT2D eigenvalue weighted by Gasteiger charge is 2.35. The summed E-state index contributed by atoms with van der Waals surface area (Å²) in [5.41, 5.74) is 0. The second-order valence-electron chi connectivity index (χ2n) is 5.83. The lowest BCUT2D eigenvalue weighted by Crippen LogP contribution is -2.63. The van der Waals surface area contributed by atoms with Gasteiger partial charge in [0.05, 0.1) is 12.4 Å². The van der Waals surface area contributed by atoms with Gasteiger partial charge in [-0.15, -0.1) is 0 Å². The first-order valence-corrected chi connectivity index (χ1v) is 7.78. The van der Waals surface area contributed by atoms with E-state index in [0.717, 1.165) is 45.2 Å². The highest BCUT2D eigenvalue weighted by atomic mass is 19.1. The Labute approximate surface area is 133 Å². The van der Waals surface area contributed by atoms with Crippen LogP contribution >= 0.6 is 0 Å². The largest absolute Gasteiger partial charge is 0.338 e. The minimum Gasteiger partial charge on any atom is -0.338 e. The van der Waals surface area contributed by atoms with Gasteiger partial charge in [0.15, 0.2) is 5.82 Å². The number of piperazine rings is 1. The van der Waals surface area contributed by atoms with Gasteiger partial charge in [-0.2, -0.15) is 0 Å². The Morgan fingerprint density at radius 2 is 1.43 bits per heavy atom. The molecule has 0 amide bonds. The minimum atomic E-state index is -0.398. The lowest BCUT2D eigenvalue weighted by Gasteiger charge is -2.48. The molecule has 2 aromatic rings. The van der Waals surface area contributed by atoms with Crippen LogP contribution in [0.4, 0.5) is 16.3 Å². The SMILES string of the molecule is Fc1cnc(N2CC(N3CCN(c4ncccn4)CC3)C2)nc1. The Bertz CT molecular complexity index is 637. The Hall–Kier alpha value is -2.35. The van der Waals surface area contributed by atoms with Crippen LogP contribution in [0.15, 0.2) is 30.9 Å². The summed E-state index contributed by atoms with van der Waals surface area (Å²) in [6.07, 6.45) is 5.99. The summed E-state index contributed by atoms with van der Waals surface area (Å²) < 4.78 is 12.8. The summed E-state index contributed by atoms with van der Waals surface area (Å²) in [5, 5.41) is 0. The lowest BCUT2D eigenvalue weighted by atomic mass is 10.1. The summed E-state index contributed by atoms with van der Waals surface area (Å²) in [5.74, 6) is 1.02. The maximum Gasteiger partial charge on any atom is 0.225 e. The summed E-state index contributed by atoms with van der Waals surface area (Å²) in [7, 11) is 0. The van der Waals surface area contributed by atoms with Crippen LogP contribution in [0.3, 0.4) is 0 Å². The first-order chi connectivity index (χ1) is 11.3. The molecule has 0 bridgehead atoms. The molecule has 120 valence electrons. The van der Waals surface area contributed by atoms with E-state index in [-0.39, 0.29) is 0 Å². The first kappa shape index (κ1) is 14.3. The number of hydrogen-bond donors (Lipinski definition) is 0. The zero-order chi connectivity index (χ0) is 15.6. The fourth-order valence-electron chi connectivity index (χ4n) is 3.06. The second-order valence-corrected chi connectivity index (χ2v) is 5.83. The molecule has 2 aliphatic rings. The van der Waals surface area contributed by atoms with E-state index in [4.69, 9.17) is 0 Å². The van der Waals surface area contributed by atoms with Crippen molar-refractivity contribution >= 4 is 11.9 Å². The molecule has 0 spiro atoms. The molecule has 0 aromatic carbocycles. The summed E-state index contributed by atoms with van der Waals surface area (Å²) in [6.45, 7) is 5.67. The number of aromatic nitrogens is 4. The van der Waals surface area contributed by atoms with Crippen molar-refractivity contribution in [1.82, 2.24) is 24.8 Å². The summed E-state index contributed by atoms with van der Waals surface area (Å²) in [4.78, 5) is 23.5. The summed E-state index contributed by atoms with van der Waals surface area (Å²) in [6, 6.07) is 2.35. The molecule has 2 aliphatic heterocycles. The fraction of sp³-hybridized carbons (Fsp3) is 0.467. The third-order valence-electron chi connectivity index (χ3n) is 4.42. The molecule has 23 heavy (non-hydrogen) atoms. The highest BCUT2D eigenvalue weighted by Crippen LogP contribution is 2.21. The van der Waals surface area contributed by atoms with Gasteiger partial charge in [-0.3, -0.25) is 4.90 Å². The quantitative estimate of drug-likeness (QED) is 0.813. The van der Waals surface area contributed by atoms with Crippen molar-refractivity contribution in [2.45, 2.75) is 6.04 Å². The van der Waals surface area contributed by atoms with Crippen molar-refractivity contribution < 1.29 is 4.39 Å². The number of rotatable bonds is 3. The van der Waals surface area contributed by atoms with Crippen molar-refractivity contribution in [3.63, 3.8) is 0 Å². The van der Waals surface area contributed by atoms with Crippen molar-refractivity contribution in [2.75, 3.05) is 49.1 Å². The molecule has 4 rings (SSSR count). The fourth-order valence-corrected chi connectivity index (χ4v) is 3.06. The van der Waals surface area contributed by atoms with E-state index in [1.165, 1.54) is 12.4 Å². The van der Waals surface area contributed by atoms with Crippen molar-refractivity contribution in [3.8, 4) is 0 Å². The summed E-state index contributed by atoms with van der Waals surface area (Å²) >= 11 is 0. The molecule has 2 fully saturated rings. The number of nitrogens with zero attached hydrogens (tertiary/aromatic N) is 7. The predicted octanol–water partition coefficient (Wildman–Crippen LogP) is 0.416. The van der Waals surface area contributed by atoms with Crippen molar-refractivity contribution in [1.29, 1.82) is 0 Å². The second kappa shape index (κ2) is 6.04. The van der Waals surface area contributed by atoms with Crippen LogP contribution in [-0.4, -0.2) is 70.1 Å². The van der Waals surface area contributed by atoms with Crippen LogP contribution in [0.5, 0.6) is 0 Å². The van der Waals surface area contributed by atoms with Crippen LogP contribution in [0.1, 0.15) is 0 Å². The standard InChI is InChI=1S/C15H18FN7/c16-12-8-19-15(20-9-12)23-10-13(11-23)21-4-6-22(7-5-21)14-17-2-1-3-18-14/h1-3,8-9,13H,4-7,10-11H2. The average molecular weight is 315 g/mol. The maximum atomic E-state index is 12.8. The number of hydrogen-bond acceptors (Lipinski definition) is 7. The van der Waals surface area contributed by atoms with Gasteiger partial charge in [0.2, 0.25) is 11.9 Å². The molecule has 7 nitrogen and oxygen atoms in total. The minimum absolute atomic E-state index is 0.398. The van der Waals surface area contributed by atoms with E-state index >= 15 is 0 Å². The average Bonchev–Trinajstić information content (AvgIpc) is 2.57. The zero-order valence-corrected chi connectivity index (χ0v) is 12.7. The Morgan fingerprint density at radius 3 is 2.09 bits per heavy atom. The zero-order valence-electron chi connectivity index (χ0n) is 12.7. The van der Waals surface area contributed by atoms with Gasteiger partial charge in [-0.05, 0) is 6.07 Å². The molecule has 0 N–H and O–H groups in total.